The zero-order chi connectivity index (χ0) is 20.1. The van der Waals surface area contributed by atoms with Crippen LogP contribution >= 0.6 is 11.8 Å². The lowest BCUT2D eigenvalue weighted by atomic mass is 10.2. The highest BCUT2D eigenvalue weighted by Crippen LogP contribution is 2.24. The molecule has 0 atom stereocenters. The van der Waals surface area contributed by atoms with Crippen molar-refractivity contribution in [2.45, 2.75) is 37.9 Å². The third kappa shape index (κ3) is 4.27. The van der Waals surface area contributed by atoms with Crippen LogP contribution in [0.5, 0.6) is 0 Å². The number of hydrogen-bond donors (Lipinski definition) is 0. The zero-order valence-corrected chi connectivity index (χ0v) is 16.8. The molecule has 0 aliphatic heterocycles. The molecule has 0 saturated heterocycles. The number of methoxy groups -OCH3 is 1. The average molecular weight is 401 g/mol. The molecule has 1 heterocycles. The molecule has 2 aromatic rings. The molecule has 1 aromatic heterocycles. The van der Waals surface area contributed by atoms with Gasteiger partial charge in [-0.1, -0.05) is 30.0 Å². The van der Waals surface area contributed by atoms with Gasteiger partial charge in [0.15, 0.2) is 5.16 Å². The van der Waals surface area contributed by atoms with E-state index in [-0.39, 0.29) is 23.8 Å². The predicted molar refractivity (Wildman–Crippen MR) is 108 cm³/mol. The van der Waals surface area contributed by atoms with E-state index >= 15 is 0 Å². The van der Waals surface area contributed by atoms with Crippen LogP contribution in [0.1, 0.15) is 26.2 Å². The molecule has 28 heavy (non-hydrogen) atoms. The smallest absolute Gasteiger partial charge is 0.325 e. The number of ether oxygens (including phenoxy) is 1. The topological polar surface area (TPSA) is 81.5 Å². The number of aromatic nitrogens is 2. The molecule has 8 heteroatoms. The summed E-state index contributed by atoms with van der Waals surface area (Å²) in [7, 11) is 1.27. The third-order valence-corrected chi connectivity index (χ3v) is 5.61. The fraction of sp³-hybridized carbons (Fsp3) is 0.400. The van der Waals surface area contributed by atoms with Crippen molar-refractivity contribution in [3.8, 4) is 0 Å². The van der Waals surface area contributed by atoms with E-state index in [0.29, 0.717) is 22.6 Å². The van der Waals surface area contributed by atoms with Gasteiger partial charge in [0.2, 0.25) is 5.91 Å². The summed E-state index contributed by atoms with van der Waals surface area (Å²) in [6.07, 6.45) is 5.08. The Morgan fingerprint density at radius 3 is 2.79 bits per heavy atom. The van der Waals surface area contributed by atoms with Crippen LogP contribution < -0.4 is 5.56 Å². The summed E-state index contributed by atoms with van der Waals surface area (Å²) in [5.41, 5.74) is 1.28. The first-order chi connectivity index (χ1) is 13.5. The largest absolute Gasteiger partial charge is 0.468 e. The van der Waals surface area contributed by atoms with Gasteiger partial charge in [0.1, 0.15) is 6.54 Å². The molecular formula is C20H23N3O4S. The Morgan fingerprint density at radius 2 is 2.11 bits per heavy atom. The highest BCUT2D eigenvalue weighted by Gasteiger charge is 2.21. The van der Waals surface area contributed by atoms with Crippen LogP contribution in [0, 0.1) is 0 Å². The molecule has 0 N–H and O–H groups in total. The van der Waals surface area contributed by atoms with E-state index in [4.69, 9.17) is 4.74 Å². The minimum Gasteiger partial charge on any atom is -0.468 e. The SMILES string of the molecule is CCN(C(=O)CSc1nc2ccccc2c(=O)n1CC(=O)OC)C1=CCCC1. The van der Waals surface area contributed by atoms with E-state index in [2.05, 4.69) is 11.1 Å². The molecule has 7 nitrogen and oxygen atoms in total. The normalized spacial score (nSPS) is 13.4. The summed E-state index contributed by atoms with van der Waals surface area (Å²) in [4.78, 5) is 43.7. The maximum Gasteiger partial charge on any atom is 0.325 e. The molecule has 0 unspecified atom stereocenters. The maximum atomic E-state index is 12.8. The van der Waals surface area contributed by atoms with Gasteiger partial charge >= 0.3 is 5.97 Å². The van der Waals surface area contributed by atoms with Crippen molar-refractivity contribution in [2.75, 3.05) is 19.4 Å². The zero-order valence-electron chi connectivity index (χ0n) is 16.0. The second-order valence-electron chi connectivity index (χ2n) is 6.39. The number of rotatable bonds is 7. The second-order valence-corrected chi connectivity index (χ2v) is 7.34. The second kappa shape index (κ2) is 9.05. The first kappa shape index (κ1) is 20.1. The lowest BCUT2D eigenvalue weighted by molar-refractivity contribution is -0.141. The molecule has 1 aliphatic carbocycles. The number of carbonyl (C=O) groups is 2. The number of fused-ring (bicyclic) bond motifs is 1. The van der Waals surface area contributed by atoms with E-state index < -0.39 is 5.97 Å². The fourth-order valence-corrected chi connectivity index (χ4v) is 4.11. The third-order valence-electron chi connectivity index (χ3n) is 4.65. The highest BCUT2D eigenvalue weighted by atomic mass is 32.2. The van der Waals surface area contributed by atoms with Gasteiger partial charge in [0, 0.05) is 12.2 Å². The Hall–Kier alpha value is -2.61. The minimum atomic E-state index is -0.543. The van der Waals surface area contributed by atoms with Gasteiger partial charge in [-0.25, -0.2) is 4.98 Å². The summed E-state index contributed by atoms with van der Waals surface area (Å²) in [5, 5.41) is 0.757. The lowest BCUT2D eigenvalue weighted by Crippen LogP contribution is -2.32. The molecule has 0 fully saturated rings. The van der Waals surface area contributed by atoms with Crippen molar-refractivity contribution in [3.63, 3.8) is 0 Å². The van der Waals surface area contributed by atoms with E-state index in [0.717, 1.165) is 36.7 Å². The van der Waals surface area contributed by atoms with Gasteiger partial charge < -0.3 is 9.64 Å². The Labute approximate surface area is 167 Å². The maximum absolute atomic E-state index is 12.8. The van der Waals surface area contributed by atoms with Gasteiger partial charge in [-0.3, -0.25) is 19.0 Å². The number of allylic oxidation sites excluding steroid dienone is 2. The monoisotopic (exact) mass is 401 g/mol. The van der Waals surface area contributed by atoms with Crippen molar-refractivity contribution in [1.29, 1.82) is 0 Å². The molecular weight excluding hydrogens is 378 g/mol. The van der Waals surface area contributed by atoms with E-state index in [1.807, 2.05) is 6.92 Å². The first-order valence-corrected chi connectivity index (χ1v) is 10.2. The predicted octanol–water partition coefficient (Wildman–Crippen LogP) is 2.58. The first-order valence-electron chi connectivity index (χ1n) is 9.23. The van der Waals surface area contributed by atoms with Crippen LogP contribution in [0.15, 0.2) is 46.0 Å². The number of benzene rings is 1. The summed E-state index contributed by atoms with van der Waals surface area (Å²) in [6, 6.07) is 6.96. The summed E-state index contributed by atoms with van der Waals surface area (Å²) in [6.45, 7) is 2.31. The minimum absolute atomic E-state index is 0.0346. The van der Waals surface area contributed by atoms with Crippen LogP contribution in [-0.4, -0.2) is 45.7 Å². The average Bonchev–Trinajstić information content (AvgIpc) is 3.23. The van der Waals surface area contributed by atoms with Crippen LogP contribution in [0.2, 0.25) is 0 Å². The Bertz CT molecular complexity index is 983. The number of nitrogens with zero attached hydrogens (tertiary/aromatic N) is 3. The van der Waals surface area contributed by atoms with Crippen molar-refractivity contribution in [3.05, 3.63) is 46.4 Å². The Morgan fingerprint density at radius 1 is 1.32 bits per heavy atom. The standard InChI is InChI=1S/C20H23N3O4S/c1-3-22(14-8-4-5-9-14)17(24)13-28-20-21-16-11-7-6-10-15(16)19(26)23(20)12-18(25)27-2/h6-8,10-11H,3-5,9,12-13H2,1-2H3. The van der Waals surface area contributed by atoms with Crippen molar-refractivity contribution >= 4 is 34.5 Å². The van der Waals surface area contributed by atoms with Crippen LogP contribution in [0.4, 0.5) is 0 Å². The summed E-state index contributed by atoms with van der Waals surface area (Å²) in [5.74, 6) is -0.441. The number of esters is 1. The molecule has 0 spiro atoms. The quantitative estimate of drug-likeness (QED) is 0.403. The molecule has 1 aromatic carbocycles. The molecule has 1 aliphatic rings. The molecule has 0 bridgehead atoms. The van der Waals surface area contributed by atoms with Gasteiger partial charge in [-0.05, 0) is 38.3 Å². The number of carbonyl (C=O) groups excluding carboxylic acids is 2. The number of amides is 1. The highest BCUT2D eigenvalue weighted by molar-refractivity contribution is 7.99. The van der Waals surface area contributed by atoms with Crippen LogP contribution in [-0.2, 0) is 20.9 Å². The van der Waals surface area contributed by atoms with Crippen molar-refractivity contribution in [2.24, 2.45) is 0 Å². The molecule has 0 saturated carbocycles. The van der Waals surface area contributed by atoms with Gasteiger partial charge in [0.25, 0.3) is 5.56 Å². The van der Waals surface area contributed by atoms with E-state index in [9.17, 15) is 14.4 Å². The number of thioether (sulfide) groups is 1. The summed E-state index contributed by atoms with van der Waals surface area (Å²) < 4.78 is 5.98. The molecule has 0 radical (unpaired) electrons. The van der Waals surface area contributed by atoms with Gasteiger partial charge in [-0.2, -0.15) is 0 Å². The Balaban J connectivity index is 1.88. The van der Waals surface area contributed by atoms with Crippen molar-refractivity contribution < 1.29 is 14.3 Å². The van der Waals surface area contributed by atoms with Crippen LogP contribution in [0.3, 0.4) is 0 Å². The van der Waals surface area contributed by atoms with Crippen molar-refractivity contribution in [1.82, 2.24) is 14.5 Å². The molecule has 148 valence electrons. The fourth-order valence-electron chi connectivity index (χ4n) is 3.23. The lowest BCUT2D eigenvalue weighted by Gasteiger charge is -2.22. The van der Waals surface area contributed by atoms with E-state index in [1.54, 1.807) is 29.2 Å². The number of hydrogen-bond acceptors (Lipinski definition) is 6. The van der Waals surface area contributed by atoms with Crippen LogP contribution in [0.25, 0.3) is 10.9 Å². The molecule has 1 amide bonds. The van der Waals surface area contributed by atoms with Gasteiger partial charge in [-0.15, -0.1) is 0 Å². The summed E-state index contributed by atoms with van der Waals surface area (Å²) >= 11 is 1.16. The van der Waals surface area contributed by atoms with E-state index in [1.165, 1.54) is 11.7 Å². The number of para-hydroxylation sites is 1. The Kier molecular flexibility index (Phi) is 6.51. The molecule has 3 rings (SSSR count). The van der Waals surface area contributed by atoms with Gasteiger partial charge in [0.05, 0.1) is 23.8 Å².